The van der Waals surface area contributed by atoms with E-state index in [1.54, 1.807) is 0 Å². The van der Waals surface area contributed by atoms with E-state index in [2.05, 4.69) is 10.3 Å². The van der Waals surface area contributed by atoms with Crippen LogP contribution < -0.4 is 10.7 Å². The highest BCUT2D eigenvalue weighted by atomic mass is 35.5. The zero-order chi connectivity index (χ0) is 23.0. The van der Waals surface area contributed by atoms with Gasteiger partial charge in [0.25, 0.3) is 5.91 Å². The molecule has 32 heavy (non-hydrogen) atoms. The molecule has 0 unspecified atom stereocenters. The third-order valence-corrected chi connectivity index (χ3v) is 5.37. The number of halogens is 3. The molecule has 0 spiro atoms. The first-order valence-electron chi connectivity index (χ1n) is 9.41. The lowest BCUT2D eigenvalue weighted by Gasteiger charge is -2.12. The lowest BCUT2D eigenvalue weighted by atomic mass is 9.98. The van der Waals surface area contributed by atoms with Crippen LogP contribution in [0.5, 0.6) is 0 Å². The zero-order valence-corrected chi connectivity index (χ0v) is 17.3. The number of benzene rings is 3. The summed E-state index contributed by atoms with van der Waals surface area (Å²) in [4.78, 5) is 27.6. The monoisotopic (exact) mass is 449 g/mol. The lowest BCUT2D eigenvalue weighted by molar-refractivity contribution is 0.0963. The van der Waals surface area contributed by atoms with Crippen LogP contribution in [-0.2, 0) is 0 Å². The fourth-order valence-electron chi connectivity index (χ4n) is 3.51. The number of pyridine rings is 1. The van der Waals surface area contributed by atoms with Gasteiger partial charge in [-0.25, -0.2) is 8.78 Å². The molecule has 2 N–H and O–H groups in total. The van der Waals surface area contributed by atoms with E-state index in [1.807, 2.05) is 6.07 Å². The molecule has 0 saturated heterocycles. The number of H-pyrrole nitrogens is 1. The molecule has 1 heterocycles. The molecule has 8 heteroatoms. The van der Waals surface area contributed by atoms with E-state index >= 15 is 8.78 Å². The number of aromatic amines is 1. The second-order valence-corrected chi connectivity index (χ2v) is 7.39. The molecule has 0 bridgehead atoms. The van der Waals surface area contributed by atoms with Gasteiger partial charge in [0.2, 0.25) is 0 Å². The van der Waals surface area contributed by atoms with E-state index in [1.165, 1.54) is 49.5 Å². The number of hydrogen-bond donors (Lipinski definition) is 2. The van der Waals surface area contributed by atoms with Gasteiger partial charge in [-0.05, 0) is 42.0 Å². The van der Waals surface area contributed by atoms with Crippen LogP contribution in [0.15, 0.2) is 59.4 Å². The Morgan fingerprint density at radius 1 is 1.12 bits per heavy atom. The number of nitrogens with zero attached hydrogens (tertiary/aromatic N) is 1. The van der Waals surface area contributed by atoms with E-state index in [9.17, 15) is 9.59 Å². The molecule has 0 aliphatic heterocycles. The van der Waals surface area contributed by atoms with Crippen molar-refractivity contribution in [1.29, 1.82) is 5.26 Å². The highest BCUT2D eigenvalue weighted by molar-refractivity contribution is 6.33. The van der Waals surface area contributed by atoms with E-state index in [4.69, 9.17) is 16.9 Å². The molecular weight excluding hydrogens is 436 g/mol. The first-order valence-corrected chi connectivity index (χ1v) is 9.79. The summed E-state index contributed by atoms with van der Waals surface area (Å²) >= 11 is 6.20. The summed E-state index contributed by atoms with van der Waals surface area (Å²) in [7, 11) is 1.45. The SMILES string of the molecule is CNC(=O)c1cccc(-c2c(F)cc3[nH]c(-c4cc(C#N)ccc4Cl)cc(=O)c3c2F)c1. The van der Waals surface area contributed by atoms with Crippen molar-refractivity contribution < 1.29 is 13.6 Å². The number of nitrogens with one attached hydrogen (secondary N) is 2. The van der Waals surface area contributed by atoms with Crippen LogP contribution in [-0.4, -0.2) is 17.9 Å². The molecule has 0 saturated carbocycles. The minimum atomic E-state index is -1.04. The van der Waals surface area contributed by atoms with Crippen molar-refractivity contribution in [1.82, 2.24) is 10.3 Å². The predicted molar refractivity (Wildman–Crippen MR) is 118 cm³/mol. The summed E-state index contributed by atoms with van der Waals surface area (Å²) in [6, 6.07) is 14.5. The fourth-order valence-corrected chi connectivity index (χ4v) is 3.73. The number of fused-ring (bicyclic) bond motifs is 1. The summed E-state index contributed by atoms with van der Waals surface area (Å²) in [5.41, 5.74) is 0.0719. The molecule has 0 aliphatic rings. The number of nitriles is 1. The standard InChI is InChI=1S/C24H14ClF2N3O2/c1-29-24(32)14-4-2-3-13(8-14)21-17(26)9-19-22(23(21)27)20(31)10-18(30-19)15-7-12(11-28)5-6-16(15)25/h2-10H,1H3,(H,29,32)(H,30,31). The molecule has 0 radical (unpaired) electrons. The molecule has 0 atom stereocenters. The number of carbonyl (C=O) groups is 1. The molecule has 5 nitrogen and oxygen atoms in total. The van der Waals surface area contributed by atoms with Gasteiger partial charge in [-0.2, -0.15) is 5.26 Å². The second-order valence-electron chi connectivity index (χ2n) is 6.98. The van der Waals surface area contributed by atoms with Crippen LogP contribution in [0.25, 0.3) is 33.3 Å². The van der Waals surface area contributed by atoms with Gasteiger partial charge >= 0.3 is 0 Å². The third-order valence-electron chi connectivity index (χ3n) is 5.04. The summed E-state index contributed by atoms with van der Waals surface area (Å²) in [5, 5.41) is 11.5. The molecule has 0 fully saturated rings. The second kappa shape index (κ2) is 8.25. The van der Waals surface area contributed by atoms with Crippen molar-refractivity contribution in [2.75, 3.05) is 7.05 Å². The fraction of sp³-hybridized carbons (Fsp3) is 0.0417. The number of rotatable bonds is 3. The molecule has 158 valence electrons. The number of carbonyl (C=O) groups excluding carboxylic acids is 1. The average molecular weight is 450 g/mol. The molecule has 4 aromatic rings. The Morgan fingerprint density at radius 2 is 1.91 bits per heavy atom. The van der Waals surface area contributed by atoms with Crippen molar-refractivity contribution >= 4 is 28.4 Å². The van der Waals surface area contributed by atoms with Gasteiger partial charge < -0.3 is 10.3 Å². The Labute approximate surface area is 185 Å². The number of amides is 1. The molecule has 4 rings (SSSR count). The van der Waals surface area contributed by atoms with Crippen molar-refractivity contribution in [2.45, 2.75) is 0 Å². The van der Waals surface area contributed by atoms with Crippen LogP contribution in [0.3, 0.4) is 0 Å². The molecule has 3 aromatic carbocycles. The van der Waals surface area contributed by atoms with Gasteiger partial charge in [-0.1, -0.05) is 23.7 Å². The number of hydrogen-bond acceptors (Lipinski definition) is 3. The quantitative estimate of drug-likeness (QED) is 0.460. The van der Waals surface area contributed by atoms with Crippen LogP contribution in [0.2, 0.25) is 5.02 Å². The van der Waals surface area contributed by atoms with Gasteiger partial charge in [-0.15, -0.1) is 0 Å². The van der Waals surface area contributed by atoms with Crippen LogP contribution in [0, 0.1) is 23.0 Å². The Morgan fingerprint density at radius 3 is 2.62 bits per heavy atom. The maximum atomic E-state index is 15.4. The highest BCUT2D eigenvalue weighted by Crippen LogP contribution is 2.33. The molecular formula is C24H14ClF2N3O2. The smallest absolute Gasteiger partial charge is 0.251 e. The van der Waals surface area contributed by atoms with Gasteiger partial charge in [0.15, 0.2) is 5.43 Å². The van der Waals surface area contributed by atoms with Crippen LogP contribution in [0.1, 0.15) is 15.9 Å². The Balaban J connectivity index is 1.94. The van der Waals surface area contributed by atoms with E-state index < -0.39 is 28.5 Å². The zero-order valence-electron chi connectivity index (χ0n) is 16.6. The maximum Gasteiger partial charge on any atom is 0.251 e. The minimum absolute atomic E-state index is 0.0628. The summed E-state index contributed by atoms with van der Waals surface area (Å²) in [6.45, 7) is 0. The topological polar surface area (TPSA) is 85.8 Å². The van der Waals surface area contributed by atoms with E-state index in [-0.39, 0.29) is 32.7 Å². The van der Waals surface area contributed by atoms with E-state index in [0.29, 0.717) is 11.1 Å². The minimum Gasteiger partial charge on any atom is -0.355 e. The van der Waals surface area contributed by atoms with Gasteiger partial charge in [-0.3, -0.25) is 9.59 Å². The average Bonchev–Trinajstić information content (AvgIpc) is 2.78. The largest absolute Gasteiger partial charge is 0.355 e. The third kappa shape index (κ3) is 3.61. The van der Waals surface area contributed by atoms with Gasteiger partial charge in [0, 0.05) is 29.3 Å². The Kier molecular flexibility index (Phi) is 5.47. The van der Waals surface area contributed by atoms with Crippen molar-refractivity contribution in [2.24, 2.45) is 0 Å². The summed E-state index contributed by atoms with van der Waals surface area (Å²) in [5.74, 6) is -2.36. The van der Waals surface area contributed by atoms with Gasteiger partial charge in [0.05, 0.1) is 33.8 Å². The normalized spacial score (nSPS) is 10.7. The molecule has 1 aromatic heterocycles. The Bertz CT molecular complexity index is 1510. The van der Waals surface area contributed by atoms with Crippen molar-refractivity contribution in [3.05, 3.63) is 92.6 Å². The summed E-state index contributed by atoms with van der Waals surface area (Å²) in [6.07, 6.45) is 0. The first-order chi connectivity index (χ1) is 15.3. The predicted octanol–water partition coefficient (Wildman–Crippen LogP) is 5.02. The highest BCUT2D eigenvalue weighted by Gasteiger charge is 2.20. The summed E-state index contributed by atoms with van der Waals surface area (Å²) < 4.78 is 30.4. The maximum absolute atomic E-state index is 15.4. The molecule has 0 aliphatic carbocycles. The Hall–Kier alpha value is -4.02. The van der Waals surface area contributed by atoms with Crippen LogP contribution >= 0.6 is 11.6 Å². The van der Waals surface area contributed by atoms with Crippen molar-refractivity contribution in [3.63, 3.8) is 0 Å². The molecule has 1 amide bonds. The van der Waals surface area contributed by atoms with Crippen molar-refractivity contribution in [3.8, 4) is 28.5 Å². The first kappa shape index (κ1) is 21.2. The van der Waals surface area contributed by atoms with Crippen LogP contribution in [0.4, 0.5) is 8.78 Å². The van der Waals surface area contributed by atoms with Gasteiger partial charge in [0.1, 0.15) is 11.6 Å². The van der Waals surface area contributed by atoms with E-state index in [0.717, 1.165) is 12.1 Å². The lowest BCUT2D eigenvalue weighted by Crippen LogP contribution is -2.17. The number of aromatic nitrogens is 1.